The van der Waals surface area contributed by atoms with Crippen molar-refractivity contribution in [2.75, 3.05) is 6.54 Å². The minimum atomic E-state index is -0.142. The topological polar surface area (TPSA) is 20.3 Å². The van der Waals surface area contributed by atoms with Crippen LogP contribution in [0.4, 0.5) is 0 Å². The normalized spacial score (nSPS) is 18.9. The Labute approximate surface area is 156 Å². The van der Waals surface area contributed by atoms with E-state index in [1.165, 1.54) is 0 Å². The molecule has 0 saturated heterocycles. The molecule has 1 amide bonds. The fourth-order valence-electron chi connectivity index (χ4n) is 2.10. The van der Waals surface area contributed by atoms with E-state index in [-0.39, 0.29) is 43.4 Å². The summed E-state index contributed by atoms with van der Waals surface area (Å²) in [6.07, 6.45) is 3.96. The summed E-state index contributed by atoms with van der Waals surface area (Å²) in [5.74, 6) is 0.119. The summed E-state index contributed by atoms with van der Waals surface area (Å²) < 4.78 is 1.05. The summed E-state index contributed by atoms with van der Waals surface area (Å²) in [6, 6.07) is 6.09. The molecule has 19 heavy (non-hydrogen) atoms. The van der Waals surface area contributed by atoms with Crippen LogP contribution in [0.1, 0.15) is 24.5 Å². The van der Waals surface area contributed by atoms with E-state index < -0.39 is 0 Å². The molecule has 5 heteroatoms. The molecule has 1 heterocycles. The number of carbonyl (C=O) groups is 1. The largest absolute Gasteiger partial charge is 0.347 e. The minimum Gasteiger partial charge on any atom is -0.347 e. The molecule has 0 spiro atoms. The molecule has 0 N–H and O–H groups in total. The molecule has 1 unspecified atom stereocenters. The van der Waals surface area contributed by atoms with Crippen LogP contribution >= 0.6 is 31.9 Å². The second-order valence-corrected chi connectivity index (χ2v) is 6.26. The number of allylic oxidation sites excluding steroid dienone is 1. The molecule has 1 aromatic rings. The van der Waals surface area contributed by atoms with E-state index in [1.54, 1.807) is 4.90 Å². The van der Waals surface area contributed by atoms with E-state index >= 15 is 0 Å². The van der Waals surface area contributed by atoms with Gasteiger partial charge in [0, 0.05) is 43.7 Å². The van der Waals surface area contributed by atoms with Gasteiger partial charge in [0.1, 0.15) is 0 Å². The third-order valence-corrected chi connectivity index (χ3v) is 4.22. The summed E-state index contributed by atoms with van der Waals surface area (Å²) in [4.78, 5) is 13.8. The van der Waals surface area contributed by atoms with Gasteiger partial charge < -0.3 is 4.90 Å². The van der Waals surface area contributed by atoms with Crippen LogP contribution in [0.15, 0.2) is 22.7 Å². The van der Waals surface area contributed by atoms with Crippen LogP contribution < -0.4 is 0 Å². The SMILES string of the molecule is CCN1C(=O)C(Br)C[C-]=C1c1ccc(Br)cc1C.[Y]. The number of benzene rings is 1. The van der Waals surface area contributed by atoms with E-state index in [4.69, 9.17) is 0 Å². The van der Waals surface area contributed by atoms with Crippen LogP contribution in [0.5, 0.6) is 0 Å². The Morgan fingerprint density at radius 2 is 2.16 bits per heavy atom. The average Bonchev–Trinajstić information content (AvgIpc) is 2.33. The Balaban J connectivity index is 0.00000180. The first-order chi connectivity index (χ1) is 8.54. The fourth-order valence-corrected chi connectivity index (χ4v) is 2.98. The van der Waals surface area contributed by atoms with Crippen molar-refractivity contribution in [1.29, 1.82) is 0 Å². The Hall–Kier alpha value is 0.494. The third-order valence-electron chi connectivity index (χ3n) is 3.01. The second kappa shape index (κ2) is 7.49. The summed E-state index contributed by atoms with van der Waals surface area (Å²) in [5, 5.41) is 0. The molecule has 1 aliphatic rings. The first-order valence-corrected chi connectivity index (χ1v) is 7.58. The molecule has 1 atom stereocenters. The summed E-state index contributed by atoms with van der Waals surface area (Å²) in [5.41, 5.74) is 3.13. The van der Waals surface area contributed by atoms with Crippen molar-refractivity contribution in [2.45, 2.75) is 25.1 Å². The Morgan fingerprint density at radius 3 is 2.74 bits per heavy atom. The predicted octanol–water partition coefficient (Wildman–Crippen LogP) is 3.91. The maximum absolute atomic E-state index is 12.1. The van der Waals surface area contributed by atoms with E-state index in [0.29, 0.717) is 13.0 Å². The van der Waals surface area contributed by atoms with E-state index in [9.17, 15) is 4.79 Å². The average molecular weight is 461 g/mol. The number of amides is 1. The van der Waals surface area contributed by atoms with Crippen molar-refractivity contribution in [1.82, 2.24) is 4.90 Å². The molecule has 99 valence electrons. The molecule has 0 aromatic heterocycles. The molecular weight excluding hydrogens is 447 g/mol. The molecular formula is C14H14Br2NOY-. The van der Waals surface area contributed by atoms with Gasteiger partial charge in [0.25, 0.3) is 0 Å². The maximum Gasteiger partial charge on any atom is 0.236 e. The van der Waals surface area contributed by atoms with Crippen molar-refractivity contribution in [3.63, 3.8) is 0 Å². The minimum absolute atomic E-state index is 0. The number of nitrogens with zero attached hydrogens (tertiary/aromatic N) is 1. The number of hydrogen-bond acceptors (Lipinski definition) is 1. The van der Waals surface area contributed by atoms with Crippen molar-refractivity contribution in [3.8, 4) is 0 Å². The number of aryl methyl sites for hydroxylation is 1. The third kappa shape index (κ3) is 3.78. The van der Waals surface area contributed by atoms with Gasteiger partial charge in [0.05, 0.1) is 4.83 Å². The van der Waals surface area contributed by atoms with Gasteiger partial charge in [-0.05, 0) is 6.92 Å². The van der Waals surface area contributed by atoms with Crippen LogP contribution in [0.3, 0.4) is 0 Å². The molecule has 0 bridgehead atoms. The second-order valence-electron chi connectivity index (χ2n) is 4.24. The van der Waals surface area contributed by atoms with E-state index in [1.807, 2.05) is 26.0 Å². The first kappa shape index (κ1) is 17.5. The van der Waals surface area contributed by atoms with Crippen molar-refractivity contribution in [3.05, 3.63) is 39.9 Å². The number of halogens is 2. The zero-order chi connectivity index (χ0) is 13.3. The fraction of sp³-hybridized carbons (Fsp3) is 0.357. The quantitative estimate of drug-likeness (QED) is 0.484. The number of alkyl halides is 1. The predicted molar refractivity (Wildman–Crippen MR) is 80.2 cm³/mol. The molecule has 1 radical (unpaired) electrons. The number of carbonyl (C=O) groups excluding carboxylic acids is 1. The molecule has 0 aliphatic carbocycles. The summed E-state index contributed by atoms with van der Waals surface area (Å²) in [7, 11) is 0. The van der Waals surface area contributed by atoms with Crippen molar-refractivity contribution < 1.29 is 37.5 Å². The molecule has 0 fully saturated rings. The number of hydrogen-bond donors (Lipinski definition) is 0. The Morgan fingerprint density at radius 1 is 1.47 bits per heavy atom. The van der Waals surface area contributed by atoms with Gasteiger partial charge in [-0.25, -0.2) is 6.08 Å². The van der Waals surface area contributed by atoms with Crippen LogP contribution in [0, 0.1) is 13.0 Å². The van der Waals surface area contributed by atoms with Gasteiger partial charge in [0.15, 0.2) is 0 Å². The maximum atomic E-state index is 12.1. The Bertz CT molecular complexity index is 516. The van der Waals surface area contributed by atoms with Crippen LogP contribution in [-0.2, 0) is 37.5 Å². The van der Waals surface area contributed by atoms with Gasteiger partial charge in [-0.15, -0.1) is 22.9 Å². The van der Waals surface area contributed by atoms with Gasteiger partial charge in [-0.1, -0.05) is 57.3 Å². The molecule has 2 nitrogen and oxygen atoms in total. The van der Waals surface area contributed by atoms with Gasteiger partial charge in [-0.2, -0.15) is 0 Å². The summed E-state index contributed by atoms with van der Waals surface area (Å²) in [6.45, 7) is 4.70. The summed E-state index contributed by atoms with van der Waals surface area (Å²) >= 11 is 6.85. The van der Waals surface area contributed by atoms with Crippen LogP contribution in [0.2, 0.25) is 0 Å². The zero-order valence-electron chi connectivity index (χ0n) is 10.9. The first-order valence-electron chi connectivity index (χ1n) is 5.87. The smallest absolute Gasteiger partial charge is 0.236 e. The number of rotatable bonds is 2. The molecule has 0 saturated carbocycles. The molecule has 1 aliphatic heterocycles. The van der Waals surface area contributed by atoms with Gasteiger partial charge >= 0.3 is 0 Å². The molecule has 2 rings (SSSR count). The Kier molecular flexibility index (Phi) is 6.91. The zero-order valence-corrected chi connectivity index (χ0v) is 16.9. The van der Waals surface area contributed by atoms with Crippen LogP contribution in [0.25, 0.3) is 5.70 Å². The van der Waals surface area contributed by atoms with Crippen molar-refractivity contribution in [2.24, 2.45) is 0 Å². The standard InChI is InChI=1S/C14H14Br2NO.Y/c1-3-17-13(7-6-12(16)14(17)18)11-5-4-10(15)8-9(11)2;/h4-5,8,12H,3,6H2,1-2H3;/q-1;. The van der Waals surface area contributed by atoms with E-state index in [2.05, 4.69) is 44.0 Å². The van der Waals surface area contributed by atoms with E-state index in [0.717, 1.165) is 21.3 Å². The van der Waals surface area contributed by atoms with Gasteiger partial charge in [0.2, 0.25) is 5.91 Å². The van der Waals surface area contributed by atoms with Crippen LogP contribution in [-0.4, -0.2) is 22.2 Å². The van der Waals surface area contributed by atoms with Crippen molar-refractivity contribution >= 4 is 43.5 Å². The molecule has 1 aromatic carbocycles. The van der Waals surface area contributed by atoms with Gasteiger partial charge in [-0.3, -0.25) is 4.79 Å². The monoisotopic (exact) mass is 459 g/mol.